The molecular weight excluding hydrogens is 300 g/mol. The molecule has 6 nitrogen and oxygen atoms in total. The van der Waals surface area contributed by atoms with E-state index in [2.05, 4.69) is 20.5 Å². The van der Waals surface area contributed by atoms with Gasteiger partial charge in [-0.15, -0.1) is 16.9 Å². The lowest BCUT2D eigenvalue weighted by Gasteiger charge is -2.05. The van der Waals surface area contributed by atoms with Crippen molar-refractivity contribution in [2.45, 2.75) is 4.90 Å². The van der Waals surface area contributed by atoms with E-state index >= 15 is 0 Å². The summed E-state index contributed by atoms with van der Waals surface area (Å²) in [5, 5.41) is 10.3. The Balaban J connectivity index is 1.79. The summed E-state index contributed by atoms with van der Waals surface area (Å²) < 4.78 is 5.43. The van der Waals surface area contributed by atoms with Crippen LogP contribution in [0.3, 0.4) is 0 Å². The largest absolute Gasteiger partial charge is 0.403 e. The molecule has 0 saturated carbocycles. The van der Waals surface area contributed by atoms with Crippen molar-refractivity contribution in [3.05, 3.63) is 54.4 Å². The highest BCUT2D eigenvalue weighted by atomic mass is 32.2. The van der Waals surface area contributed by atoms with Crippen LogP contribution in [0, 0.1) is 0 Å². The van der Waals surface area contributed by atoms with E-state index in [0.717, 1.165) is 4.90 Å². The molecule has 7 heteroatoms. The van der Waals surface area contributed by atoms with Gasteiger partial charge < -0.3 is 4.42 Å². The van der Waals surface area contributed by atoms with Crippen LogP contribution < -0.4 is 5.32 Å². The highest BCUT2D eigenvalue weighted by Crippen LogP contribution is 2.22. The number of anilines is 1. The van der Waals surface area contributed by atoms with Crippen molar-refractivity contribution in [1.82, 2.24) is 15.2 Å². The van der Waals surface area contributed by atoms with E-state index in [0.29, 0.717) is 17.0 Å². The maximum absolute atomic E-state index is 12.3. The van der Waals surface area contributed by atoms with Crippen LogP contribution >= 0.6 is 11.8 Å². The summed E-state index contributed by atoms with van der Waals surface area (Å²) in [4.78, 5) is 17.1. The molecule has 1 aromatic carbocycles. The molecule has 3 aromatic rings. The van der Waals surface area contributed by atoms with E-state index in [1.54, 1.807) is 30.6 Å². The quantitative estimate of drug-likeness (QED) is 0.746. The summed E-state index contributed by atoms with van der Waals surface area (Å²) in [6.45, 7) is 0. The minimum Gasteiger partial charge on any atom is -0.403 e. The van der Waals surface area contributed by atoms with Crippen molar-refractivity contribution < 1.29 is 9.21 Å². The fraction of sp³-hybridized carbons (Fsp3) is 0.0667. The Morgan fingerprint density at radius 2 is 2.05 bits per heavy atom. The average molecular weight is 312 g/mol. The van der Waals surface area contributed by atoms with Gasteiger partial charge in [-0.05, 0) is 30.5 Å². The number of nitrogens with one attached hydrogen (secondary N) is 1. The van der Waals surface area contributed by atoms with Crippen molar-refractivity contribution in [3.63, 3.8) is 0 Å². The van der Waals surface area contributed by atoms with Crippen LogP contribution in [-0.2, 0) is 0 Å². The highest BCUT2D eigenvalue weighted by Gasteiger charge is 2.15. The first kappa shape index (κ1) is 14.3. The van der Waals surface area contributed by atoms with Crippen molar-refractivity contribution in [2.24, 2.45) is 0 Å². The second kappa shape index (κ2) is 6.40. The lowest BCUT2D eigenvalue weighted by molar-refractivity contribution is 0.102. The molecule has 0 radical (unpaired) electrons. The Bertz CT molecular complexity index is 789. The maximum Gasteiger partial charge on any atom is 0.322 e. The minimum atomic E-state index is -0.286. The normalized spacial score (nSPS) is 10.4. The number of carbonyl (C=O) groups is 1. The molecule has 0 saturated heterocycles. The van der Waals surface area contributed by atoms with Gasteiger partial charge in [-0.1, -0.05) is 17.2 Å². The van der Waals surface area contributed by atoms with Gasteiger partial charge in [0.25, 0.3) is 11.8 Å². The second-order valence-electron chi connectivity index (χ2n) is 4.31. The van der Waals surface area contributed by atoms with E-state index in [1.807, 2.05) is 24.5 Å². The average Bonchev–Trinajstić information content (AvgIpc) is 3.04. The molecule has 0 spiro atoms. The van der Waals surface area contributed by atoms with Gasteiger partial charge >= 0.3 is 6.01 Å². The van der Waals surface area contributed by atoms with E-state index in [4.69, 9.17) is 4.42 Å². The number of thioether (sulfide) groups is 1. The maximum atomic E-state index is 12.3. The topological polar surface area (TPSA) is 80.9 Å². The number of aromatic nitrogens is 3. The molecule has 0 unspecified atom stereocenters. The predicted molar refractivity (Wildman–Crippen MR) is 83.7 cm³/mol. The molecule has 110 valence electrons. The van der Waals surface area contributed by atoms with Crippen LogP contribution in [0.4, 0.5) is 6.01 Å². The van der Waals surface area contributed by atoms with Crippen LogP contribution in [-0.4, -0.2) is 27.3 Å². The number of pyridine rings is 1. The van der Waals surface area contributed by atoms with E-state index in [1.165, 1.54) is 11.8 Å². The Labute approximate surface area is 131 Å². The molecule has 0 atom stereocenters. The zero-order chi connectivity index (χ0) is 15.4. The summed E-state index contributed by atoms with van der Waals surface area (Å²) in [7, 11) is 0. The standard InChI is InChI=1S/C15H12N4O2S/c1-22-12-7-3-2-6-11(12)13(20)17-15-19-18-14(21-15)10-5-4-8-16-9-10/h2-9H,1H3,(H,17,19,20). The first-order valence-electron chi connectivity index (χ1n) is 6.46. The number of amides is 1. The number of nitrogens with zero attached hydrogens (tertiary/aromatic N) is 3. The van der Waals surface area contributed by atoms with E-state index in [-0.39, 0.29) is 11.9 Å². The zero-order valence-corrected chi connectivity index (χ0v) is 12.5. The summed E-state index contributed by atoms with van der Waals surface area (Å²) in [5.74, 6) is 0.0212. The number of carbonyl (C=O) groups excluding carboxylic acids is 1. The molecule has 22 heavy (non-hydrogen) atoms. The molecule has 0 fully saturated rings. The van der Waals surface area contributed by atoms with Crippen molar-refractivity contribution in [1.29, 1.82) is 0 Å². The molecular formula is C15H12N4O2S. The monoisotopic (exact) mass is 312 g/mol. The summed E-state index contributed by atoms with van der Waals surface area (Å²) in [6, 6.07) is 11.0. The van der Waals surface area contributed by atoms with Crippen LogP contribution in [0.1, 0.15) is 10.4 Å². The molecule has 2 heterocycles. The van der Waals surface area contributed by atoms with E-state index < -0.39 is 0 Å². The molecule has 0 bridgehead atoms. The van der Waals surface area contributed by atoms with Gasteiger partial charge in [0.1, 0.15) is 0 Å². The molecule has 1 N–H and O–H groups in total. The fourth-order valence-electron chi connectivity index (χ4n) is 1.88. The van der Waals surface area contributed by atoms with Gasteiger partial charge in [-0.2, -0.15) is 0 Å². The Morgan fingerprint density at radius 1 is 1.18 bits per heavy atom. The van der Waals surface area contributed by atoms with E-state index in [9.17, 15) is 4.79 Å². The molecule has 3 rings (SSSR count). The second-order valence-corrected chi connectivity index (χ2v) is 5.16. The summed E-state index contributed by atoms with van der Waals surface area (Å²) in [5.41, 5.74) is 1.26. The van der Waals surface area contributed by atoms with Gasteiger partial charge in [-0.25, -0.2) is 0 Å². The summed E-state index contributed by atoms with van der Waals surface area (Å²) in [6.07, 6.45) is 5.18. The van der Waals surface area contributed by atoms with Gasteiger partial charge in [0.05, 0.1) is 11.1 Å². The lowest BCUT2D eigenvalue weighted by Crippen LogP contribution is -2.13. The van der Waals surface area contributed by atoms with Crippen LogP contribution in [0.5, 0.6) is 0 Å². The predicted octanol–water partition coefficient (Wildman–Crippen LogP) is 3.11. The van der Waals surface area contributed by atoms with Crippen LogP contribution in [0.2, 0.25) is 0 Å². The number of hydrogen-bond acceptors (Lipinski definition) is 6. The fourth-order valence-corrected chi connectivity index (χ4v) is 2.47. The lowest BCUT2D eigenvalue weighted by atomic mass is 10.2. The molecule has 0 aliphatic carbocycles. The minimum absolute atomic E-state index is 0.0553. The number of rotatable bonds is 4. The third-order valence-electron chi connectivity index (χ3n) is 2.91. The van der Waals surface area contributed by atoms with Crippen molar-refractivity contribution in [2.75, 3.05) is 11.6 Å². The number of benzene rings is 1. The van der Waals surface area contributed by atoms with Crippen LogP contribution in [0.25, 0.3) is 11.5 Å². The Morgan fingerprint density at radius 3 is 2.82 bits per heavy atom. The Kier molecular flexibility index (Phi) is 4.15. The third-order valence-corrected chi connectivity index (χ3v) is 3.70. The molecule has 0 aliphatic rings. The van der Waals surface area contributed by atoms with Crippen molar-refractivity contribution in [3.8, 4) is 11.5 Å². The molecule has 2 aromatic heterocycles. The van der Waals surface area contributed by atoms with Gasteiger partial charge in [-0.3, -0.25) is 15.1 Å². The third kappa shape index (κ3) is 2.99. The summed E-state index contributed by atoms with van der Waals surface area (Å²) >= 11 is 1.50. The molecule has 0 aliphatic heterocycles. The Hall–Kier alpha value is -2.67. The number of hydrogen-bond donors (Lipinski definition) is 1. The first-order valence-corrected chi connectivity index (χ1v) is 7.68. The SMILES string of the molecule is CSc1ccccc1C(=O)Nc1nnc(-c2cccnc2)o1. The first-order chi connectivity index (χ1) is 10.8. The van der Waals surface area contributed by atoms with Gasteiger partial charge in [0.2, 0.25) is 0 Å². The molecule has 1 amide bonds. The van der Waals surface area contributed by atoms with Crippen molar-refractivity contribution >= 4 is 23.7 Å². The highest BCUT2D eigenvalue weighted by molar-refractivity contribution is 7.98. The smallest absolute Gasteiger partial charge is 0.322 e. The zero-order valence-electron chi connectivity index (χ0n) is 11.7. The van der Waals surface area contributed by atoms with Crippen LogP contribution in [0.15, 0.2) is 58.1 Å². The van der Waals surface area contributed by atoms with Gasteiger partial charge in [0, 0.05) is 17.3 Å². The van der Waals surface area contributed by atoms with Gasteiger partial charge in [0.15, 0.2) is 0 Å².